The first-order valence-electron chi connectivity index (χ1n) is 8.13. The summed E-state index contributed by atoms with van der Waals surface area (Å²) in [6.07, 6.45) is 1.48. The Morgan fingerprint density at radius 2 is 2.21 bits per heavy atom. The zero-order valence-corrected chi connectivity index (χ0v) is 13.6. The molecule has 0 bridgehead atoms. The zero-order chi connectivity index (χ0) is 16.8. The van der Waals surface area contributed by atoms with Crippen LogP contribution in [0.15, 0.2) is 40.9 Å². The van der Waals surface area contributed by atoms with E-state index in [-0.39, 0.29) is 12.7 Å². The van der Waals surface area contributed by atoms with Gasteiger partial charge in [-0.25, -0.2) is 4.79 Å². The molecule has 1 aromatic carbocycles. The third-order valence-electron chi connectivity index (χ3n) is 3.87. The summed E-state index contributed by atoms with van der Waals surface area (Å²) < 4.78 is 21.5. The van der Waals surface area contributed by atoms with E-state index in [4.69, 9.17) is 18.7 Å². The summed E-state index contributed by atoms with van der Waals surface area (Å²) >= 11 is 0. The Hall–Kier alpha value is -2.18. The third kappa shape index (κ3) is 4.43. The molecule has 6 heteroatoms. The second kappa shape index (κ2) is 8.08. The summed E-state index contributed by atoms with van der Waals surface area (Å²) in [5, 5.41) is 3.92. The van der Waals surface area contributed by atoms with E-state index in [1.165, 1.54) is 0 Å². The largest absolute Gasteiger partial charge is 0.457 e. The summed E-state index contributed by atoms with van der Waals surface area (Å²) in [4.78, 5) is 12.0. The van der Waals surface area contributed by atoms with Gasteiger partial charge in [-0.15, -0.1) is 0 Å². The minimum atomic E-state index is -0.630. The number of benzene rings is 1. The first kappa shape index (κ1) is 16.7. The maximum atomic E-state index is 12.0. The quantitative estimate of drug-likeness (QED) is 0.727. The fraction of sp³-hybridized carbons (Fsp3) is 0.444. The molecule has 6 nitrogen and oxygen atoms in total. The van der Waals surface area contributed by atoms with Crippen LogP contribution in [0, 0.1) is 0 Å². The van der Waals surface area contributed by atoms with Crippen molar-refractivity contribution < 1.29 is 23.5 Å². The zero-order valence-electron chi connectivity index (χ0n) is 13.6. The summed E-state index contributed by atoms with van der Waals surface area (Å²) in [5.74, 6) is 0.224. The van der Waals surface area contributed by atoms with E-state index in [1.54, 1.807) is 13.0 Å². The highest BCUT2D eigenvalue weighted by molar-refractivity contribution is 5.74. The van der Waals surface area contributed by atoms with Gasteiger partial charge in [0.1, 0.15) is 12.3 Å². The lowest BCUT2D eigenvalue weighted by atomic mass is 10.2. The van der Waals surface area contributed by atoms with Gasteiger partial charge >= 0.3 is 5.97 Å². The van der Waals surface area contributed by atoms with Gasteiger partial charge in [0.25, 0.3) is 0 Å². The molecule has 1 aliphatic rings. The smallest absolute Gasteiger partial charge is 0.335 e. The van der Waals surface area contributed by atoms with Crippen LogP contribution < -0.4 is 0 Å². The van der Waals surface area contributed by atoms with Crippen LogP contribution in [0.2, 0.25) is 0 Å². The Kier molecular flexibility index (Phi) is 5.61. The minimum Gasteiger partial charge on any atom is -0.457 e. The summed E-state index contributed by atoms with van der Waals surface area (Å²) in [6.45, 7) is 2.92. The molecular weight excluding hydrogens is 310 g/mol. The molecule has 2 aromatic rings. The SMILES string of the molecule is CC(OCC1CCCO1)C(=O)OCc1cc(-c2ccccc2)on1. The van der Waals surface area contributed by atoms with Crippen LogP contribution in [-0.2, 0) is 25.6 Å². The van der Waals surface area contributed by atoms with E-state index in [1.807, 2.05) is 30.3 Å². The molecule has 0 spiro atoms. The summed E-state index contributed by atoms with van der Waals surface area (Å²) in [6, 6.07) is 11.4. The highest BCUT2D eigenvalue weighted by Crippen LogP contribution is 2.20. The maximum Gasteiger partial charge on any atom is 0.335 e. The molecule has 0 saturated carbocycles. The molecule has 24 heavy (non-hydrogen) atoms. The molecule has 2 atom stereocenters. The van der Waals surface area contributed by atoms with Crippen LogP contribution in [0.25, 0.3) is 11.3 Å². The van der Waals surface area contributed by atoms with E-state index < -0.39 is 12.1 Å². The predicted octanol–water partition coefficient (Wildman–Crippen LogP) is 2.97. The molecule has 1 fully saturated rings. The number of ether oxygens (including phenoxy) is 3. The fourth-order valence-electron chi connectivity index (χ4n) is 2.48. The highest BCUT2D eigenvalue weighted by atomic mass is 16.6. The van der Waals surface area contributed by atoms with Crippen LogP contribution in [0.5, 0.6) is 0 Å². The van der Waals surface area contributed by atoms with Crippen LogP contribution in [0.1, 0.15) is 25.5 Å². The van der Waals surface area contributed by atoms with Gasteiger partial charge in [-0.05, 0) is 19.8 Å². The molecule has 1 aromatic heterocycles. The monoisotopic (exact) mass is 331 g/mol. The Bertz CT molecular complexity index is 648. The van der Waals surface area contributed by atoms with E-state index in [9.17, 15) is 4.79 Å². The predicted molar refractivity (Wildman–Crippen MR) is 86.1 cm³/mol. The maximum absolute atomic E-state index is 12.0. The number of nitrogens with zero attached hydrogens (tertiary/aromatic N) is 1. The topological polar surface area (TPSA) is 70.8 Å². The lowest BCUT2D eigenvalue weighted by molar-refractivity contribution is -0.159. The number of rotatable bonds is 7. The van der Waals surface area contributed by atoms with Gasteiger partial charge in [-0.2, -0.15) is 0 Å². The van der Waals surface area contributed by atoms with Crippen LogP contribution in [0.4, 0.5) is 0 Å². The van der Waals surface area contributed by atoms with Gasteiger partial charge in [-0.3, -0.25) is 0 Å². The first-order valence-corrected chi connectivity index (χ1v) is 8.13. The second-order valence-electron chi connectivity index (χ2n) is 5.77. The standard InChI is InChI=1S/C18H21NO5/c1-13(22-12-16-8-5-9-21-16)18(20)23-11-15-10-17(24-19-15)14-6-3-2-4-7-14/h2-4,6-7,10,13,16H,5,8-9,11-12H2,1H3. The van der Waals surface area contributed by atoms with Gasteiger partial charge in [0.15, 0.2) is 11.9 Å². The van der Waals surface area contributed by atoms with Crippen molar-refractivity contribution in [3.8, 4) is 11.3 Å². The van der Waals surface area contributed by atoms with Gasteiger partial charge in [0.2, 0.25) is 0 Å². The first-order chi connectivity index (χ1) is 11.7. The van der Waals surface area contributed by atoms with Gasteiger partial charge in [-0.1, -0.05) is 35.5 Å². The number of hydrogen-bond acceptors (Lipinski definition) is 6. The highest BCUT2D eigenvalue weighted by Gasteiger charge is 2.21. The van der Waals surface area contributed by atoms with E-state index >= 15 is 0 Å². The van der Waals surface area contributed by atoms with Crippen molar-refractivity contribution in [2.24, 2.45) is 0 Å². The molecule has 0 N–H and O–H groups in total. The van der Waals surface area contributed by atoms with E-state index in [0.29, 0.717) is 18.1 Å². The number of aromatic nitrogens is 1. The van der Waals surface area contributed by atoms with Crippen molar-refractivity contribution in [1.29, 1.82) is 0 Å². The Labute approximate surface area is 140 Å². The molecule has 0 amide bonds. The van der Waals surface area contributed by atoms with Crippen LogP contribution >= 0.6 is 0 Å². The Morgan fingerprint density at radius 1 is 1.38 bits per heavy atom. The molecule has 128 valence electrons. The molecule has 2 unspecified atom stereocenters. The molecule has 1 saturated heterocycles. The molecule has 0 aliphatic carbocycles. The Balaban J connectivity index is 1.45. The number of carbonyl (C=O) groups excluding carboxylic acids is 1. The van der Waals surface area contributed by atoms with Crippen molar-refractivity contribution in [1.82, 2.24) is 5.16 Å². The lowest BCUT2D eigenvalue weighted by Gasteiger charge is -2.15. The average Bonchev–Trinajstić information content (AvgIpc) is 3.30. The average molecular weight is 331 g/mol. The molecule has 3 rings (SSSR count). The van der Waals surface area contributed by atoms with E-state index in [0.717, 1.165) is 25.0 Å². The van der Waals surface area contributed by atoms with Crippen molar-refractivity contribution in [3.63, 3.8) is 0 Å². The van der Waals surface area contributed by atoms with Crippen molar-refractivity contribution in [3.05, 3.63) is 42.1 Å². The molecule has 0 radical (unpaired) electrons. The molecule has 1 aliphatic heterocycles. The van der Waals surface area contributed by atoms with Crippen molar-refractivity contribution in [2.75, 3.05) is 13.2 Å². The molecule has 2 heterocycles. The summed E-state index contributed by atoms with van der Waals surface area (Å²) in [5.41, 5.74) is 1.49. The fourth-order valence-corrected chi connectivity index (χ4v) is 2.48. The van der Waals surface area contributed by atoms with Gasteiger partial charge in [0, 0.05) is 18.2 Å². The molecular formula is C18H21NO5. The number of esters is 1. The summed E-state index contributed by atoms with van der Waals surface area (Å²) in [7, 11) is 0. The normalized spacial score (nSPS) is 18.5. The van der Waals surface area contributed by atoms with Crippen LogP contribution in [0.3, 0.4) is 0 Å². The van der Waals surface area contributed by atoms with Crippen molar-refractivity contribution in [2.45, 2.75) is 38.6 Å². The second-order valence-corrected chi connectivity index (χ2v) is 5.77. The van der Waals surface area contributed by atoms with Gasteiger partial charge < -0.3 is 18.7 Å². The lowest BCUT2D eigenvalue weighted by Crippen LogP contribution is -2.27. The van der Waals surface area contributed by atoms with Gasteiger partial charge in [0.05, 0.1) is 12.7 Å². The van der Waals surface area contributed by atoms with Crippen molar-refractivity contribution >= 4 is 5.97 Å². The third-order valence-corrected chi connectivity index (χ3v) is 3.87. The Morgan fingerprint density at radius 3 is 2.96 bits per heavy atom. The minimum absolute atomic E-state index is 0.0583. The number of carbonyl (C=O) groups is 1. The number of hydrogen-bond donors (Lipinski definition) is 0. The van der Waals surface area contributed by atoms with E-state index in [2.05, 4.69) is 5.16 Å². The van der Waals surface area contributed by atoms with Crippen LogP contribution in [-0.4, -0.2) is 36.5 Å².